The van der Waals surface area contributed by atoms with Crippen molar-refractivity contribution in [2.45, 2.75) is 52.5 Å². The van der Waals surface area contributed by atoms with Gasteiger partial charge in [0.05, 0.1) is 5.75 Å². The molecule has 2 N–H and O–H groups in total. The maximum Gasteiger partial charge on any atom is 0.214 e. The molecule has 130 valence electrons. The van der Waals surface area contributed by atoms with E-state index in [-0.39, 0.29) is 5.75 Å². The third kappa shape index (κ3) is 6.96. The monoisotopic (exact) mass is 332 g/mol. The van der Waals surface area contributed by atoms with E-state index in [1.54, 1.807) is 11.4 Å². The number of sulfonamides is 1. The van der Waals surface area contributed by atoms with Gasteiger partial charge in [0, 0.05) is 32.7 Å². The standard InChI is InChI=1S/C15H32N4O2S/c1-13(2)7-5-8-14(3)18-15(16-4)17-9-11-19-10-6-12-22(19,20)21/h13-14H,5-12H2,1-4H3,(H2,16,17,18). The normalized spacial score (nSPS) is 20.3. The minimum atomic E-state index is -3.00. The molecule has 0 bridgehead atoms. The average molecular weight is 333 g/mol. The van der Waals surface area contributed by atoms with E-state index in [0.717, 1.165) is 24.7 Å². The molecule has 0 aromatic rings. The van der Waals surface area contributed by atoms with Gasteiger partial charge < -0.3 is 10.6 Å². The first kappa shape index (κ1) is 19.2. The van der Waals surface area contributed by atoms with Crippen molar-refractivity contribution in [1.82, 2.24) is 14.9 Å². The van der Waals surface area contributed by atoms with Gasteiger partial charge in [-0.25, -0.2) is 12.7 Å². The summed E-state index contributed by atoms with van der Waals surface area (Å²) in [6, 6.07) is 0.362. The van der Waals surface area contributed by atoms with Crippen LogP contribution < -0.4 is 10.6 Å². The molecule has 22 heavy (non-hydrogen) atoms. The highest BCUT2D eigenvalue weighted by Crippen LogP contribution is 2.11. The van der Waals surface area contributed by atoms with Crippen LogP contribution in [0.3, 0.4) is 0 Å². The molecular formula is C15H32N4O2S. The lowest BCUT2D eigenvalue weighted by molar-refractivity contribution is 0.443. The highest BCUT2D eigenvalue weighted by Gasteiger charge is 2.27. The molecule has 6 nitrogen and oxygen atoms in total. The van der Waals surface area contributed by atoms with Gasteiger partial charge in [-0.2, -0.15) is 0 Å². The zero-order chi connectivity index (χ0) is 16.6. The summed E-state index contributed by atoms with van der Waals surface area (Å²) in [4.78, 5) is 4.20. The van der Waals surface area contributed by atoms with Gasteiger partial charge in [0.15, 0.2) is 5.96 Å². The topological polar surface area (TPSA) is 73.8 Å². The van der Waals surface area contributed by atoms with Gasteiger partial charge in [-0.1, -0.05) is 26.7 Å². The molecule has 0 saturated carbocycles. The molecule has 1 aliphatic rings. The van der Waals surface area contributed by atoms with Crippen molar-refractivity contribution in [3.05, 3.63) is 0 Å². The lowest BCUT2D eigenvalue weighted by Gasteiger charge is -2.20. The molecular weight excluding hydrogens is 300 g/mol. The van der Waals surface area contributed by atoms with Crippen molar-refractivity contribution in [2.75, 3.05) is 32.4 Å². The van der Waals surface area contributed by atoms with Crippen LogP contribution in [0.4, 0.5) is 0 Å². The van der Waals surface area contributed by atoms with Gasteiger partial charge in [-0.3, -0.25) is 4.99 Å². The van der Waals surface area contributed by atoms with Crippen molar-refractivity contribution in [3.63, 3.8) is 0 Å². The molecule has 1 rings (SSSR count). The van der Waals surface area contributed by atoms with Gasteiger partial charge in [-0.05, 0) is 25.7 Å². The van der Waals surface area contributed by atoms with Crippen molar-refractivity contribution in [2.24, 2.45) is 10.9 Å². The molecule has 1 unspecified atom stereocenters. The fourth-order valence-corrected chi connectivity index (χ4v) is 4.10. The van der Waals surface area contributed by atoms with E-state index in [1.165, 1.54) is 12.8 Å². The number of rotatable bonds is 8. The summed E-state index contributed by atoms with van der Waals surface area (Å²) in [5.74, 6) is 1.77. The SMILES string of the molecule is CN=C(NCCN1CCCS1(=O)=O)NC(C)CCCC(C)C. The lowest BCUT2D eigenvalue weighted by atomic mass is 10.0. The fraction of sp³-hybridized carbons (Fsp3) is 0.933. The molecule has 1 heterocycles. The minimum absolute atomic E-state index is 0.285. The zero-order valence-corrected chi connectivity index (χ0v) is 15.2. The highest BCUT2D eigenvalue weighted by molar-refractivity contribution is 7.89. The van der Waals surface area contributed by atoms with Crippen LogP contribution in [0.25, 0.3) is 0 Å². The van der Waals surface area contributed by atoms with Gasteiger partial charge in [0.1, 0.15) is 0 Å². The molecule has 1 aliphatic heterocycles. The maximum absolute atomic E-state index is 11.7. The first-order chi connectivity index (χ1) is 10.3. The summed E-state index contributed by atoms with van der Waals surface area (Å²) >= 11 is 0. The summed E-state index contributed by atoms with van der Waals surface area (Å²) in [5, 5.41) is 6.55. The Hall–Kier alpha value is -0.820. The van der Waals surface area contributed by atoms with Gasteiger partial charge in [0.25, 0.3) is 0 Å². The Bertz CT molecular complexity index is 448. The summed E-state index contributed by atoms with van der Waals surface area (Å²) in [6.07, 6.45) is 4.29. The van der Waals surface area contributed by atoms with E-state index < -0.39 is 10.0 Å². The lowest BCUT2D eigenvalue weighted by Crippen LogP contribution is -2.45. The van der Waals surface area contributed by atoms with Crippen LogP contribution in [0, 0.1) is 5.92 Å². The Balaban J connectivity index is 2.25. The van der Waals surface area contributed by atoms with E-state index >= 15 is 0 Å². The third-order valence-corrected chi connectivity index (χ3v) is 5.84. The number of nitrogens with zero attached hydrogens (tertiary/aromatic N) is 2. The number of guanidine groups is 1. The molecule has 0 aliphatic carbocycles. The highest BCUT2D eigenvalue weighted by atomic mass is 32.2. The molecule has 0 aromatic carbocycles. The van der Waals surface area contributed by atoms with E-state index in [0.29, 0.717) is 25.7 Å². The molecule has 0 spiro atoms. The number of aliphatic imine (C=N–C) groups is 1. The first-order valence-corrected chi connectivity index (χ1v) is 9.91. The molecule has 7 heteroatoms. The Morgan fingerprint density at radius 3 is 2.55 bits per heavy atom. The Morgan fingerprint density at radius 1 is 1.27 bits per heavy atom. The van der Waals surface area contributed by atoms with Crippen LogP contribution in [0.15, 0.2) is 4.99 Å². The molecule has 0 radical (unpaired) electrons. The summed E-state index contributed by atoms with van der Waals surface area (Å²) in [6.45, 7) is 8.36. The second kappa shape index (κ2) is 9.35. The van der Waals surface area contributed by atoms with Crippen molar-refractivity contribution in [3.8, 4) is 0 Å². The van der Waals surface area contributed by atoms with Crippen molar-refractivity contribution in [1.29, 1.82) is 0 Å². The van der Waals surface area contributed by atoms with E-state index in [1.807, 2.05) is 0 Å². The summed E-state index contributed by atoms with van der Waals surface area (Å²) in [5.41, 5.74) is 0. The van der Waals surface area contributed by atoms with Crippen LogP contribution >= 0.6 is 0 Å². The smallest absolute Gasteiger partial charge is 0.214 e. The predicted octanol–water partition coefficient (Wildman–Crippen LogP) is 1.40. The third-order valence-electron chi connectivity index (χ3n) is 3.88. The second-order valence-electron chi connectivity index (χ2n) is 6.44. The summed E-state index contributed by atoms with van der Waals surface area (Å²) < 4.78 is 25.0. The maximum atomic E-state index is 11.7. The Labute approximate surface area is 135 Å². The quantitative estimate of drug-likeness (QED) is 0.520. The second-order valence-corrected chi connectivity index (χ2v) is 8.53. The number of hydrogen-bond acceptors (Lipinski definition) is 3. The summed E-state index contributed by atoms with van der Waals surface area (Å²) in [7, 11) is -1.26. The van der Waals surface area contributed by atoms with Crippen molar-refractivity contribution < 1.29 is 8.42 Å². The largest absolute Gasteiger partial charge is 0.355 e. The van der Waals surface area contributed by atoms with Crippen LogP contribution in [0.5, 0.6) is 0 Å². The van der Waals surface area contributed by atoms with Gasteiger partial charge >= 0.3 is 0 Å². The van der Waals surface area contributed by atoms with Crippen LogP contribution in [0.1, 0.15) is 46.5 Å². The van der Waals surface area contributed by atoms with Gasteiger partial charge in [0.2, 0.25) is 10.0 Å². The van der Waals surface area contributed by atoms with E-state index in [4.69, 9.17) is 0 Å². The fourth-order valence-electron chi connectivity index (χ4n) is 2.57. The average Bonchev–Trinajstić information content (AvgIpc) is 2.76. The van der Waals surface area contributed by atoms with Crippen LogP contribution in [0.2, 0.25) is 0 Å². The van der Waals surface area contributed by atoms with Crippen molar-refractivity contribution >= 4 is 16.0 Å². The van der Waals surface area contributed by atoms with Crippen LogP contribution in [-0.4, -0.2) is 57.2 Å². The molecule has 1 fully saturated rings. The molecule has 0 aromatic heterocycles. The Morgan fingerprint density at radius 2 is 2.00 bits per heavy atom. The molecule has 1 atom stereocenters. The van der Waals surface area contributed by atoms with Crippen LogP contribution in [-0.2, 0) is 10.0 Å². The zero-order valence-electron chi connectivity index (χ0n) is 14.4. The first-order valence-electron chi connectivity index (χ1n) is 8.30. The Kier molecular flexibility index (Phi) is 8.17. The van der Waals surface area contributed by atoms with E-state index in [2.05, 4.69) is 36.4 Å². The molecule has 1 saturated heterocycles. The van der Waals surface area contributed by atoms with Gasteiger partial charge in [-0.15, -0.1) is 0 Å². The predicted molar refractivity (Wildman–Crippen MR) is 92.6 cm³/mol. The number of nitrogens with one attached hydrogen (secondary N) is 2. The number of hydrogen-bond donors (Lipinski definition) is 2. The van der Waals surface area contributed by atoms with E-state index in [9.17, 15) is 8.42 Å². The molecule has 0 amide bonds. The minimum Gasteiger partial charge on any atom is -0.355 e.